The van der Waals surface area contributed by atoms with Gasteiger partial charge in [-0.25, -0.2) is 0 Å². The molecular weight excluding hydrogens is 675 g/mol. The topological polar surface area (TPSA) is 49.2 Å². The third-order valence-corrected chi connectivity index (χ3v) is 13.5. The molecule has 52 heavy (non-hydrogen) atoms. The molecule has 4 nitrogen and oxygen atoms in total. The molecule has 1 aliphatic heterocycles. The van der Waals surface area contributed by atoms with Crippen molar-refractivity contribution in [2.24, 2.45) is 11.8 Å². The van der Waals surface area contributed by atoms with Crippen molar-refractivity contribution in [1.82, 2.24) is 16.0 Å². The van der Waals surface area contributed by atoms with Crippen LogP contribution in [0.4, 0.5) is 0 Å². The van der Waals surface area contributed by atoms with E-state index in [1.54, 1.807) is 0 Å². The molecule has 0 spiro atoms. The van der Waals surface area contributed by atoms with Crippen molar-refractivity contribution in [2.45, 2.75) is 25.4 Å². The first-order chi connectivity index (χ1) is 25.7. The molecule has 9 aromatic rings. The normalized spacial score (nSPS) is 22.1. The SMILES string of the molecule is CC1C=CC=CC1C1NC(c2ccc3sc4ccc(-c5cccc6c5sc5ccccc56)cc4c3c2)NC(c2cccc3c2oc2ccccc23)N1. The zero-order valence-corrected chi connectivity index (χ0v) is 30.1. The van der Waals surface area contributed by atoms with Gasteiger partial charge in [0.05, 0.1) is 18.5 Å². The average Bonchev–Trinajstić information content (AvgIpc) is 3.88. The molecule has 6 aromatic carbocycles. The second-order valence-electron chi connectivity index (χ2n) is 14.2. The number of nitrogens with one attached hydrogen (secondary N) is 3. The lowest BCUT2D eigenvalue weighted by atomic mass is 9.86. The second-order valence-corrected chi connectivity index (χ2v) is 16.4. The number of para-hydroxylation sites is 2. The Kier molecular flexibility index (Phi) is 7.04. The summed E-state index contributed by atoms with van der Waals surface area (Å²) in [6.45, 7) is 2.31. The van der Waals surface area contributed by atoms with Crippen LogP contribution in [0, 0.1) is 11.8 Å². The van der Waals surface area contributed by atoms with E-state index in [2.05, 4.69) is 162 Å². The Hall–Kier alpha value is -5.08. The maximum absolute atomic E-state index is 6.54. The molecule has 5 unspecified atom stereocenters. The van der Waals surface area contributed by atoms with Gasteiger partial charge in [-0.05, 0) is 59.0 Å². The van der Waals surface area contributed by atoms with Gasteiger partial charge in [0.15, 0.2) is 0 Å². The minimum absolute atomic E-state index is 0.0374. The fraction of sp³-hybridized carbons (Fsp3) is 0.130. The highest BCUT2D eigenvalue weighted by Crippen LogP contribution is 2.43. The van der Waals surface area contributed by atoms with Crippen molar-refractivity contribution in [3.8, 4) is 11.1 Å². The largest absolute Gasteiger partial charge is 0.456 e. The summed E-state index contributed by atoms with van der Waals surface area (Å²) in [5.74, 6) is 0.681. The van der Waals surface area contributed by atoms with Crippen LogP contribution >= 0.6 is 22.7 Å². The maximum atomic E-state index is 6.54. The van der Waals surface area contributed by atoms with Crippen LogP contribution in [0.15, 0.2) is 150 Å². The summed E-state index contributed by atoms with van der Waals surface area (Å²) in [5, 5.41) is 19.5. The number of hydrogen-bond acceptors (Lipinski definition) is 6. The molecule has 2 aliphatic rings. The Morgan fingerprint density at radius 2 is 1.29 bits per heavy atom. The van der Waals surface area contributed by atoms with E-state index in [9.17, 15) is 0 Å². The van der Waals surface area contributed by atoms with Crippen molar-refractivity contribution < 1.29 is 4.42 Å². The minimum Gasteiger partial charge on any atom is -0.456 e. The van der Waals surface area contributed by atoms with Gasteiger partial charge in [-0.15, -0.1) is 22.7 Å². The van der Waals surface area contributed by atoms with Crippen LogP contribution < -0.4 is 16.0 Å². The van der Waals surface area contributed by atoms with E-state index in [-0.39, 0.29) is 24.4 Å². The van der Waals surface area contributed by atoms with Gasteiger partial charge in [-0.2, -0.15) is 0 Å². The Bertz CT molecular complexity index is 2910. The molecular formula is C46H35N3OS2. The lowest BCUT2D eigenvalue weighted by molar-refractivity contribution is 0.156. The van der Waals surface area contributed by atoms with Gasteiger partial charge in [0.1, 0.15) is 11.2 Å². The molecule has 1 saturated heterocycles. The number of benzene rings is 6. The van der Waals surface area contributed by atoms with Crippen LogP contribution in [0.5, 0.6) is 0 Å². The molecule has 0 saturated carbocycles. The van der Waals surface area contributed by atoms with E-state index in [1.165, 1.54) is 57.0 Å². The summed E-state index contributed by atoms with van der Waals surface area (Å²) in [5.41, 5.74) is 6.75. The first-order valence-corrected chi connectivity index (χ1v) is 19.7. The summed E-state index contributed by atoms with van der Waals surface area (Å²) in [6.07, 6.45) is 8.81. The third kappa shape index (κ3) is 4.83. The minimum atomic E-state index is -0.129. The van der Waals surface area contributed by atoms with Crippen molar-refractivity contribution in [2.75, 3.05) is 0 Å². The van der Waals surface area contributed by atoms with E-state index < -0.39 is 0 Å². The monoisotopic (exact) mass is 709 g/mol. The van der Waals surface area contributed by atoms with Gasteiger partial charge in [0.2, 0.25) is 0 Å². The van der Waals surface area contributed by atoms with Crippen molar-refractivity contribution in [3.05, 3.63) is 157 Å². The lowest BCUT2D eigenvalue weighted by Gasteiger charge is -2.43. The fourth-order valence-electron chi connectivity index (χ4n) is 8.53. The van der Waals surface area contributed by atoms with E-state index in [4.69, 9.17) is 4.42 Å². The highest BCUT2D eigenvalue weighted by molar-refractivity contribution is 7.26. The van der Waals surface area contributed by atoms with Crippen molar-refractivity contribution >= 4 is 85.0 Å². The molecule has 3 aromatic heterocycles. The van der Waals surface area contributed by atoms with Crippen LogP contribution in [-0.4, -0.2) is 6.17 Å². The molecule has 11 rings (SSSR count). The summed E-state index contributed by atoms with van der Waals surface area (Å²) < 4.78 is 11.8. The lowest BCUT2D eigenvalue weighted by Crippen LogP contribution is -2.62. The van der Waals surface area contributed by atoms with Crippen LogP contribution in [0.3, 0.4) is 0 Å². The Labute approximate surface area is 309 Å². The van der Waals surface area contributed by atoms with Crippen LogP contribution in [0.1, 0.15) is 30.4 Å². The van der Waals surface area contributed by atoms with E-state index in [0.29, 0.717) is 5.92 Å². The average molecular weight is 710 g/mol. The van der Waals surface area contributed by atoms with Gasteiger partial charge in [0.25, 0.3) is 0 Å². The molecule has 3 N–H and O–H groups in total. The van der Waals surface area contributed by atoms with Crippen LogP contribution in [0.25, 0.3) is 73.4 Å². The molecule has 0 bridgehead atoms. The predicted molar refractivity (Wildman–Crippen MR) is 221 cm³/mol. The number of fused-ring (bicyclic) bond motifs is 9. The quantitative estimate of drug-likeness (QED) is 0.170. The molecule has 5 atom stereocenters. The number of furan rings is 1. The predicted octanol–water partition coefficient (Wildman–Crippen LogP) is 12.2. The van der Waals surface area contributed by atoms with Gasteiger partial charge < -0.3 is 4.42 Å². The van der Waals surface area contributed by atoms with Gasteiger partial charge >= 0.3 is 0 Å². The summed E-state index contributed by atoms with van der Waals surface area (Å²) in [6, 6.07) is 44.4. The first kappa shape index (κ1) is 30.5. The summed E-state index contributed by atoms with van der Waals surface area (Å²) >= 11 is 3.76. The second kappa shape index (κ2) is 12.0. The number of hydrogen-bond donors (Lipinski definition) is 3. The molecule has 252 valence electrons. The third-order valence-electron chi connectivity index (χ3n) is 11.2. The highest BCUT2D eigenvalue weighted by atomic mass is 32.1. The zero-order valence-electron chi connectivity index (χ0n) is 28.5. The van der Waals surface area contributed by atoms with E-state index in [0.717, 1.165) is 27.5 Å². The molecule has 6 heteroatoms. The standard InChI is InChI=1S/C46H35N3OS2/c1-26-10-2-3-11-29(26)45-47-44(48-46(49-45)35-17-9-15-33-31-12-4-6-18-38(31)50-42(33)35)28-21-23-41-37(25-28)36-24-27(20-22-40(36)51-41)30-14-8-16-34-32-13-5-7-19-39(32)52-43(30)34/h2-26,29,44-49H,1H3. The van der Waals surface area contributed by atoms with Gasteiger partial charge in [-0.1, -0.05) is 116 Å². The zero-order chi connectivity index (χ0) is 34.3. The maximum Gasteiger partial charge on any atom is 0.141 e. The Balaban J connectivity index is 1.02. The van der Waals surface area contributed by atoms with E-state index in [1.807, 2.05) is 28.7 Å². The van der Waals surface area contributed by atoms with Gasteiger partial charge in [-0.3, -0.25) is 16.0 Å². The Morgan fingerprint density at radius 1 is 0.558 bits per heavy atom. The molecule has 4 heterocycles. The fourth-order valence-corrected chi connectivity index (χ4v) is 10.8. The van der Waals surface area contributed by atoms with Crippen LogP contribution in [-0.2, 0) is 0 Å². The number of thiophene rings is 2. The summed E-state index contributed by atoms with van der Waals surface area (Å²) in [4.78, 5) is 0. The molecule has 1 fully saturated rings. The van der Waals surface area contributed by atoms with Crippen molar-refractivity contribution in [1.29, 1.82) is 0 Å². The summed E-state index contributed by atoms with van der Waals surface area (Å²) in [7, 11) is 0. The smallest absolute Gasteiger partial charge is 0.141 e. The van der Waals surface area contributed by atoms with Crippen LogP contribution in [0.2, 0.25) is 0 Å². The highest BCUT2D eigenvalue weighted by Gasteiger charge is 2.35. The van der Waals surface area contributed by atoms with E-state index >= 15 is 0 Å². The van der Waals surface area contributed by atoms with Crippen molar-refractivity contribution in [3.63, 3.8) is 0 Å². The number of allylic oxidation sites excluding steroid dienone is 3. The Morgan fingerprint density at radius 3 is 2.21 bits per heavy atom. The first-order valence-electron chi connectivity index (χ1n) is 18.1. The molecule has 0 amide bonds. The van der Waals surface area contributed by atoms with Gasteiger partial charge in [0, 0.05) is 62.6 Å². The number of rotatable bonds is 4. The molecule has 0 radical (unpaired) electrons. The molecule has 1 aliphatic carbocycles.